The van der Waals surface area contributed by atoms with Crippen molar-refractivity contribution < 1.29 is 4.79 Å². The molecule has 1 amide bonds. The van der Waals surface area contributed by atoms with Crippen molar-refractivity contribution in [3.8, 4) is 0 Å². The number of carbonyl (C=O) groups is 1. The van der Waals surface area contributed by atoms with E-state index in [2.05, 4.69) is 34.0 Å². The summed E-state index contributed by atoms with van der Waals surface area (Å²) in [6.45, 7) is 0. The Morgan fingerprint density at radius 3 is 2.76 bits per heavy atom. The van der Waals surface area contributed by atoms with Crippen LogP contribution in [0.4, 0.5) is 5.69 Å². The molecule has 0 saturated heterocycles. The molecule has 17 heavy (non-hydrogen) atoms. The van der Waals surface area contributed by atoms with E-state index < -0.39 is 0 Å². The fourth-order valence-electron chi connectivity index (χ4n) is 1.47. The van der Waals surface area contributed by atoms with Gasteiger partial charge in [0.15, 0.2) is 0 Å². The van der Waals surface area contributed by atoms with Gasteiger partial charge in [-0.05, 0) is 52.6 Å². The number of thiophene rings is 1. The molecule has 0 aliphatic rings. The minimum atomic E-state index is 0.0718. The average molecular weight is 357 g/mol. The number of anilines is 1. The van der Waals surface area contributed by atoms with Gasteiger partial charge in [-0.3, -0.25) is 4.79 Å². The minimum absolute atomic E-state index is 0.0718. The normalized spacial score (nSPS) is 10.2. The van der Waals surface area contributed by atoms with E-state index in [4.69, 9.17) is 0 Å². The molecule has 0 bridgehead atoms. The van der Waals surface area contributed by atoms with Gasteiger partial charge in [0.25, 0.3) is 0 Å². The number of benzene rings is 1. The van der Waals surface area contributed by atoms with E-state index in [1.54, 1.807) is 11.3 Å². The van der Waals surface area contributed by atoms with Crippen molar-refractivity contribution >= 4 is 45.5 Å². The van der Waals surface area contributed by atoms with Gasteiger partial charge in [-0.2, -0.15) is 0 Å². The van der Waals surface area contributed by atoms with Crippen molar-refractivity contribution in [3.05, 3.63) is 50.2 Å². The smallest absolute Gasteiger partial charge is 0.224 e. The second-order valence-electron chi connectivity index (χ2n) is 3.61. The van der Waals surface area contributed by atoms with Crippen LogP contribution in [0, 0.1) is 3.57 Å². The number of rotatable bonds is 4. The molecule has 0 saturated carbocycles. The number of nitrogens with one attached hydrogen (secondary N) is 1. The molecule has 1 heterocycles. The Balaban J connectivity index is 1.87. The Labute approximate surface area is 118 Å². The molecule has 4 heteroatoms. The molecular weight excluding hydrogens is 345 g/mol. The third kappa shape index (κ3) is 3.81. The van der Waals surface area contributed by atoms with Gasteiger partial charge in [0.05, 0.1) is 5.69 Å². The molecule has 0 unspecified atom stereocenters. The third-order valence-electron chi connectivity index (χ3n) is 2.33. The first-order chi connectivity index (χ1) is 8.25. The van der Waals surface area contributed by atoms with Gasteiger partial charge in [-0.1, -0.05) is 18.2 Å². The third-order valence-corrected chi connectivity index (χ3v) is 4.20. The fourth-order valence-corrected chi connectivity index (χ4v) is 2.70. The van der Waals surface area contributed by atoms with E-state index in [1.807, 2.05) is 35.7 Å². The minimum Gasteiger partial charge on any atom is -0.325 e. The fraction of sp³-hybridized carbons (Fsp3) is 0.154. The maximum absolute atomic E-state index is 11.8. The lowest BCUT2D eigenvalue weighted by Crippen LogP contribution is -2.12. The number of para-hydroxylation sites is 1. The molecule has 0 atom stereocenters. The predicted molar refractivity (Wildman–Crippen MR) is 80.4 cm³/mol. The zero-order chi connectivity index (χ0) is 12.1. The summed E-state index contributed by atoms with van der Waals surface area (Å²) in [4.78, 5) is 13.0. The van der Waals surface area contributed by atoms with Crippen LogP contribution in [-0.4, -0.2) is 5.91 Å². The lowest BCUT2D eigenvalue weighted by atomic mass is 10.2. The summed E-state index contributed by atoms with van der Waals surface area (Å²) < 4.78 is 1.06. The van der Waals surface area contributed by atoms with E-state index in [0.29, 0.717) is 6.42 Å². The van der Waals surface area contributed by atoms with Gasteiger partial charge in [0.2, 0.25) is 5.91 Å². The highest BCUT2D eigenvalue weighted by Crippen LogP contribution is 2.17. The largest absolute Gasteiger partial charge is 0.325 e. The first-order valence-electron chi connectivity index (χ1n) is 5.32. The highest BCUT2D eigenvalue weighted by molar-refractivity contribution is 14.1. The van der Waals surface area contributed by atoms with Crippen LogP contribution in [-0.2, 0) is 11.2 Å². The topological polar surface area (TPSA) is 29.1 Å². The van der Waals surface area contributed by atoms with Crippen molar-refractivity contribution in [1.29, 1.82) is 0 Å². The van der Waals surface area contributed by atoms with E-state index in [9.17, 15) is 4.79 Å². The predicted octanol–water partition coefficient (Wildman–Crippen LogP) is 3.92. The summed E-state index contributed by atoms with van der Waals surface area (Å²) in [5, 5.41) is 4.97. The molecule has 0 aliphatic heterocycles. The highest BCUT2D eigenvalue weighted by Gasteiger charge is 2.05. The number of halogens is 1. The number of carbonyl (C=O) groups excluding carboxylic acids is 1. The molecule has 1 N–H and O–H groups in total. The van der Waals surface area contributed by atoms with Crippen LogP contribution in [0.3, 0.4) is 0 Å². The van der Waals surface area contributed by atoms with Gasteiger partial charge in [-0.25, -0.2) is 0 Å². The maximum atomic E-state index is 11.8. The van der Waals surface area contributed by atoms with Crippen LogP contribution in [0.15, 0.2) is 41.8 Å². The van der Waals surface area contributed by atoms with E-state index in [0.717, 1.165) is 15.7 Å². The van der Waals surface area contributed by atoms with Crippen LogP contribution >= 0.6 is 33.9 Å². The molecule has 0 fully saturated rings. The van der Waals surface area contributed by atoms with E-state index >= 15 is 0 Å². The molecular formula is C13H12INOS. The first kappa shape index (κ1) is 12.6. The monoisotopic (exact) mass is 357 g/mol. The van der Waals surface area contributed by atoms with Crippen LogP contribution in [0.25, 0.3) is 0 Å². The second kappa shape index (κ2) is 6.16. The molecule has 0 spiro atoms. The molecule has 0 aliphatic carbocycles. The van der Waals surface area contributed by atoms with Crippen LogP contribution in [0.1, 0.15) is 11.3 Å². The molecule has 1 aromatic carbocycles. The first-order valence-corrected chi connectivity index (χ1v) is 7.28. The van der Waals surface area contributed by atoms with Gasteiger partial charge < -0.3 is 5.32 Å². The molecule has 1 aromatic heterocycles. The van der Waals surface area contributed by atoms with Crippen molar-refractivity contribution in [3.63, 3.8) is 0 Å². The zero-order valence-corrected chi connectivity index (χ0v) is 12.1. The summed E-state index contributed by atoms with van der Waals surface area (Å²) in [5.41, 5.74) is 0.893. The highest BCUT2D eigenvalue weighted by atomic mass is 127. The summed E-state index contributed by atoms with van der Waals surface area (Å²) in [5.74, 6) is 0.0718. The number of hydrogen-bond acceptors (Lipinski definition) is 2. The second-order valence-corrected chi connectivity index (χ2v) is 5.80. The summed E-state index contributed by atoms with van der Waals surface area (Å²) in [7, 11) is 0. The molecule has 0 radical (unpaired) electrons. The Morgan fingerprint density at radius 1 is 1.24 bits per heavy atom. The van der Waals surface area contributed by atoms with Crippen LogP contribution in [0.2, 0.25) is 0 Å². The molecule has 88 valence electrons. The standard InChI is InChI=1S/C13H12INOS/c14-11-5-1-2-6-12(11)15-13(16)8-7-10-4-3-9-17-10/h1-6,9H,7-8H2,(H,15,16). The van der Waals surface area contributed by atoms with Crippen molar-refractivity contribution in [2.75, 3.05) is 5.32 Å². The number of hydrogen-bond donors (Lipinski definition) is 1. The Bertz CT molecular complexity index is 496. The van der Waals surface area contributed by atoms with E-state index in [-0.39, 0.29) is 5.91 Å². The maximum Gasteiger partial charge on any atom is 0.224 e. The quantitative estimate of drug-likeness (QED) is 0.826. The van der Waals surface area contributed by atoms with Crippen molar-refractivity contribution in [2.45, 2.75) is 12.8 Å². The summed E-state index contributed by atoms with van der Waals surface area (Å²) in [6, 6.07) is 11.9. The summed E-state index contributed by atoms with van der Waals surface area (Å²) >= 11 is 3.91. The number of amides is 1. The molecule has 2 rings (SSSR count). The lowest BCUT2D eigenvalue weighted by molar-refractivity contribution is -0.116. The average Bonchev–Trinajstić information content (AvgIpc) is 2.82. The van der Waals surface area contributed by atoms with Crippen molar-refractivity contribution in [2.24, 2.45) is 0 Å². The van der Waals surface area contributed by atoms with E-state index in [1.165, 1.54) is 4.88 Å². The Kier molecular flexibility index (Phi) is 4.56. The van der Waals surface area contributed by atoms with Gasteiger partial charge in [-0.15, -0.1) is 11.3 Å². The van der Waals surface area contributed by atoms with Gasteiger partial charge in [0, 0.05) is 14.9 Å². The van der Waals surface area contributed by atoms with Crippen LogP contribution in [0.5, 0.6) is 0 Å². The zero-order valence-electron chi connectivity index (χ0n) is 9.15. The number of aryl methyl sites for hydroxylation is 1. The lowest BCUT2D eigenvalue weighted by Gasteiger charge is -2.06. The van der Waals surface area contributed by atoms with Gasteiger partial charge in [0.1, 0.15) is 0 Å². The molecule has 2 aromatic rings. The Morgan fingerprint density at radius 2 is 2.06 bits per heavy atom. The SMILES string of the molecule is O=C(CCc1cccs1)Nc1ccccc1I. The molecule has 2 nitrogen and oxygen atoms in total. The van der Waals surface area contributed by atoms with Crippen molar-refractivity contribution in [1.82, 2.24) is 0 Å². The summed E-state index contributed by atoms with van der Waals surface area (Å²) in [6.07, 6.45) is 1.35. The Hall–Kier alpha value is -0.880. The van der Waals surface area contributed by atoms with Gasteiger partial charge >= 0.3 is 0 Å². The van der Waals surface area contributed by atoms with Crippen LogP contribution < -0.4 is 5.32 Å².